The van der Waals surface area contributed by atoms with Gasteiger partial charge in [0.25, 0.3) is 11.8 Å². The summed E-state index contributed by atoms with van der Waals surface area (Å²) in [6.07, 6.45) is 0.904. The van der Waals surface area contributed by atoms with Crippen LogP contribution in [-0.4, -0.2) is 37.0 Å². The molecule has 0 saturated heterocycles. The first-order valence-electron chi connectivity index (χ1n) is 9.44. The van der Waals surface area contributed by atoms with Crippen molar-refractivity contribution in [1.82, 2.24) is 4.90 Å². The lowest BCUT2D eigenvalue weighted by Gasteiger charge is -2.14. The number of nitrogens with one attached hydrogen (secondary N) is 1. The summed E-state index contributed by atoms with van der Waals surface area (Å²) in [6.45, 7) is 4.68. The molecule has 2 aromatic carbocycles. The van der Waals surface area contributed by atoms with E-state index < -0.39 is 0 Å². The van der Waals surface area contributed by atoms with Crippen molar-refractivity contribution in [3.8, 4) is 11.5 Å². The average Bonchev–Trinajstić information content (AvgIpc) is 2.96. The summed E-state index contributed by atoms with van der Waals surface area (Å²) in [7, 11) is 1.53. The van der Waals surface area contributed by atoms with Crippen molar-refractivity contribution in [2.45, 2.75) is 20.3 Å². The smallest absolute Gasteiger partial charge is 0.278 e. The molecule has 1 aliphatic rings. The number of benzene rings is 2. The maximum Gasteiger partial charge on any atom is 0.278 e. The molecule has 0 unspecified atom stereocenters. The van der Waals surface area contributed by atoms with E-state index >= 15 is 0 Å². The van der Waals surface area contributed by atoms with Crippen molar-refractivity contribution in [2.75, 3.05) is 25.6 Å². The highest BCUT2D eigenvalue weighted by atomic mass is 35.5. The summed E-state index contributed by atoms with van der Waals surface area (Å²) in [6, 6.07) is 12.2. The van der Waals surface area contributed by atoms with Crippen LogP contribution in [-0.2, 0) is 9.59 Å². The number of rotatable bonds is 8. The van der Waals surface area contributed by atoms with Gasteiger partial charge in [0, 0.05) is 11.6 Å². The first kappa shape index (κ1) is 20.7. The molecule has 1 N–H and O–H groups in total. The topological polar surface area (TPSA) is 67.9 Å². The summed E-state index contributed by atoms with van der Waals surface area (Å²) in [4.78, 5) is 27.1. The molecule has 152 valence electrons. The number of carbonyl (C=O) groups excluding carboxylic acids is 2. The van der Waals surface area contributed by atoms with E-state index in [0.717, 1.165) is 6.42 Å². The standard InChI is InChI=1S/C22H23ClN2O4/c1-4-12-29-16-9-6-14(7-10-16)19-20(22(27)25(5-2)21(19)26)24-17-13-15(23)8-11-18(17)28-3/h6-11,13,24H,4-5,12H2,1-3H3. The number of methoxy groups -OCH3 is 1. The molecule has 2 amide bonds. The molecule has 0 spiro atoms. The normalized spacial score (nSPS) is 13.9. The molecule has 6 nitrogen and oxygen atoms in total. The second-order valence-corrected chi connectivity index (χ2v) is 6.88. The Morgan fingerprint density at radius 3 is 2.38 bits per heavy atom. The molecule has 0 saturated carbocycles. The minimum atomic E-state index is -0.388. The SMILES string of the molecule is CCCOc1ccc(C2=C(Nc3cc(Cl)ccc3OC)C(=O)N(CC)C2=O)cc1. The van der Waals surface area contributed by atoms with E-state index in [1.54, 1.807) is 49.4 Å². The Bertz CT molecular complexity index is 954. The number of likely N-dealkylation sites (N-methyl/N-ethyl adjacent to an activating group) is 1. The zero-order chi connectivity index (χ0) is 21.0. The van der Waals surface area contributed by atoms with Crippen molar-refractivity contribution in [2.24, 2.45) is 0 Å². The first-order valence-corrected chi connectivity index (χ1v) is 9.82. The zero-order valence-corrected chi connectivity index (χ0v) is 17.4. The van der Waals surface area contributed by atoms with Crippen LogP contribution in [0.4, 0.5) is 5.69 Å². The monoisotopic (exact) mass is 414 g/mol. The van der Waals surface area contributed by atoms with Crippen molar-refractivity contribution in [1.29, 1.82) is 0 Å². The van der Waals surface area contributed by atoms with Gasteiger partial charge in [-0.15, -0.1) is 0 Å². The Balaban J connectivity index is 2.04. The molecule has 3 rings (SSSR count). The van der Waals surface area contributed by atoms with E-state index in [-0.39, 0.29) is 24.1 Å². The number of halogens is 1. The molecule has 29 heavy (non-hydrogen) atoms. The van der Waals surface area contributed by atoms with Gasteiger partial charge < -0.3 is 14.8 Å². The lowest BCUT2D eigenvalue weighted by molar-refractivity contribution is -0.136. The predicted octanol–water partition coefficient (Wildman–Crippen LogP) is 4.35. The maximum atomic E-state index is 12.9. The third-order valence-electron chi connectivity index (χ3n) is 4.52. The number of carbonyl (C=O) groups is 2. The quantitative estimate of drug-likeness (QED) is 0.650. The summed E-state index contributed by atoms with van der Waals surface area (Å²) in [5.41, 5.74) is 1.64. The van der Waals surface area contributed by atoms with Gasteiger partial charge >= 0.3 is 0 Å². The number of nitrogens with zero attached hydrogens (tertiary/aromatic N) is 1. The molecule has 0 atom stereocenters. The second kappa shape index (κ2) is 9.01. The fourth-order valence-electron chi connectivity index (χ4n) is 3.10. The van der Waals surface area contributed by atoms with E-state index in [4.69, 9.17) is 21.1 Å². The largest absolute Gasteiger partial charge is 0.495 e. The van der Waals surface area contributed by atoms with Gasteiger partial charge in [-0.3, -0.25) is 14.5 Å². The maximum absolute atomic E-state index is 12.9. The highest BCUT2D eigenvalue weighted by molar-refractivity contribution is 6.36. The lowest BCUT2D eigenvalue weighted by atomic mass is 10.0. The third kappa shape index (κ3) is 4.22. The Morgan fingerprint density at radius 1 is 1.03 bits per heavy atom. The van der Waals surface area contributed by atoms with E-state index in [2.05, 4.69) is 5.32 Å². The van der Waals surface area contributed by atoms with Crippen molar-refractivity contribution in [3.05, 3.63) is 58.7 Å². The number of hydrogen-bond donors (Lipinski definition) is 1. The Hall–Kier alpha value is -2.99. The molecule has 7 heteroatoms. The van der Waals surface area contributed by atoms with Gasteiger partial charge in [0.15, 0.2) is 0 Å². The molecule has 1 aliphatic heterocycles. The molecule has 0 radical (unpaired) electrons. The third-order valence-corrected chi connectivity index (χ3v) is 4.76. The fraction of sp³-hybridized carbons (Fsp3) is 0.273. The zero-order valence-electron chi connectivity index (χ0n) is 16.6. The molecule has 0 aromatic heterocycles. The molecule has 1 heterocycles. The van der Waals surface area contributed by atoms with Gasteiger partial charge in [-0.05, 0) is 49.2 Å². The van der Waals surface area contributed by atoms with Crippen LogP contribution in [0.5, 0.6) is 11.5 Å². The summed E-state index contributed by atoms with van der Waals surface area (Å²) >= 11 is 6.10. The highest BCUT2D eigenvalue weighted by Gasteiger charge is 2.38. The number of imide groups is 1. The van der Waals surface area contributed by atoms with Crippen LogP contribution in [0.15, 0.2) is 48.2 Å². The highest BCUT2D eigenvalue weighted by Crippen LogP contribution is 2.35. The summed E-state index contributed by atoms with van der Waals surface area (Å²) in [5, 5.41) is 3.55. The van der Waals surface area contributed by atoms with Crippen LogP contribution in [0.25, 0.3) is 5.57 Å². The fourth-order valence-corrected chi connectivity index (χ4v) is 3.27. The first-order chi connectivity index (χ1) is 14.0. The Labute approximate surface area is 175 Å². The van der Waals surface area contributed by atoms with E-state index in [1.807, 2.05) is 6.92 Å². The van der Waals surface area contributed by atoms with Crippen LogP contribution in [0.3, 0.4) is 0 Å². The lowest BCUT2D eigenvalue weighted by Crippen LogP contribution is -2.32. The van der Waals surface area contributed by atoms with Crippen LogP contribution < -0.4 is 14.8 Å². The molecule has 0 aliphatic carbocycles. The summed E-state index contributed by atoms with van der Waals surface area (Å²) < 4.78 is 11.0. The van der Waals surface area contributed by atoms with Crippen molar-refractivity contribution < 1.29 is 19.1 Å². The minimum Gasteiger partial charge on any atom is -0.495 e. The number of hydrogen-bond acceptors (Lipinski definition) is 5. The van der Waals surface area contributed by atoms with E-state index in [1.165, 1.54) is 12.0 Å². The molecular formula is C22H23ClN2O4. The van der Waals surface area contributed by atoms with E-state index in [0.29, 0.717) is 40.0 Å². The van der Waals surface area contributed by atoms with Gasteiger partial charge in [0.1, 0.15) is 17.2 Å². The number of ether oxygens (including phenoxy) is 2. The van der Waals surface area contributed by atoms with Crippen LogP contribution in [0.2, 0.25) is 5.02 Å². The van der Waals surface area contributed by atoms with Crippen LogP contribution >= 0.6 is 11.6 Å². The van der Waals surface area contributed by atoms with Gasteiger partial charge in [0.2, 0.25) is 0 Å². The molecule has 0 fully saturated rings. The molecule has 0 bridgehead atoms. The Kier molecular flexibility index (Phi) is 6.44. The Morgan fingerprint density at radius 2 is 1.76 bits per heavy atom. The predicted molar refractivity (Wildman–Crippen MR) is 113 cm³/mol. The number of amides is 2. The minimum absolute atomic E-state index is 0.194. The van der Waals surface area contributed by atoms with Crippen molar-refractivity contribution in [3.63, 3.8) is 0 Å². The second-order valence-electron chi connectivity index (χ2n) is 6.45. The van der Waals surface area contributed by atoms with Gasteiger partial charge in [-0.1, -0.05) is 30.7 Å². The van der Waals surface area contributed by atoms with Crippen molar-refractivity contribution >= 4 is 34.7 Å². The van der Waals surface area contributed by atoms with Crippen LogP contribution in [0, 0.1) is 0 Å². The van der Waals surface area contributed by atoms with Gasteiger partial charge in [-0.25, -0.2) is 0 Å². The number of anilines is 1. The van der Waals surface area contributed by atoms with Gasteiger partial charge in [-0.2, -0.15) is 0 Å². The molecule has 2 aromatic rings. The van der Waals surface area contributed by atoms with Crippen LogP contribution in [0.1, 0.15) is 25.8 Å². The average molecular weight is 415 g/mol. The molecular weight excluding hydrogens is 392 g/mol. The van der Waals surface area contributed by atoms with Gasteiger partial charge in [0.05, 0.1) is 25.0 Å². The summed E-state index contributed by atoms with van der Waals surface area (Å²) in [5.74, 6) is 0.496. The van der Waals surface area contributed by atoms with E-state index in [9.17, 15) is 9.59 Å².